The van der Waals surface area contributed by atoms with Crippen molar-refractivity contribution in [2.24, 2.45) is 5.73 Å². The normalized spacial score (nSPS) is 16.2. The van der Waals surface area contributed by atoms with Crippen molar-refractivity contribution in [3.05, 3.63) is 33.9 Å². The molecule has 2 aromatic rings. The van der Waals surface area contributed by atoms with Gasteiger partial charge in [-0.1, -0.05) is 6.07 Å². The van der Waals surface area contributed by atoms with E-state index in [1.165, 1.54) is 39.3 Å². The maximum absolute atomic E-state index is 5.86. The molecule has 0 aliphatic carbocycles. The topological polar surface area (TPSA) is 30.9 Å². The molecule has 1 unspecified atom stereocenters. The Hall–Kier alpha value is -0.800. The summed E-state index contributed by atoms with van der Waals surface area (Å²) in [6.45, 7) is 3.23. The van der Waals surface area contributed by atoms with Gasteiger partial charge in [-0.15, -0.1) is 0 Å². The van der Waals surface area contributed by atoms with Crippen molar-refractivity contribution in [2.45, 2.75) is 45.2 Å². The van der Waals surface area contributed by atoms with Crippen molar-refractivity contribution < 1.29 is 0 Å². The van der Waals surface area contributed by atoms with E-state index in [1.807, 2.05) is 0 Å². The van der Waals surface area contributed by atoms with E-state index in [9.17, 15) is 0 Å². The Balaban J connectivity index is 2.06. The molecule has 96 valence electrons. The van der Waals surface area contributed by atoms with Gasteiger partial charge in [0.15, 0.2) is 0 Å². The quantitative estimate of drug-likeness (QED) is 0.922. The highest BCUT2D eigenvalue weighted by molar-refractivity contribution is 9.10. The van der Waals surface area contributed by atoms with Crippen LogP contribution >= 0.6 is 15.9 Å². The molecule has 0 saturated heterocycles. The van der Waals surface area contributed by atoms with Crippen LogP contribution in [0.25, 0.3) is 10.9 Å². The first-order valence-corrected chi connectivity index (χ1v) is 7.50. The van der Waals surface area contributed by atoms with Crippen LogP contribution in [0.3, 0.4) is 0 Å². The molecule has 18 heavy (non-hydrogen) atoms. The van der Waals surface area contributed by atoms with E-state index in [0.717, 1.165) is 19.4 Å². The molecule has 3 heteroatoms. The molecule has 1 atom stereocenters. The first kappa shape index (κ1) is 12.2. The Morgan fingerprint density at radius 2 is 2.28 bits per heavy atom. The van der Waals surface area contributed by atoms with Gasteiger partial charge in [-0.3, -0.25) is 0 Å². The first-order chi connectivity index (χ1) is 8.65. The molecular weight excluding hydrogens is 288 g/mol. The van der Waals surface area contributed by atoms with Gasteiger partial charge in [-0.05, 0) is 65.7 Å². The van der Waals surface area contributed by atoms with Gasteiger partial charge in [0.2, 0.25) is 0 Å². The number of nitrogens with two attached hydrogens (primary N) is 1. The molecule has 1 aromatic carbocycles. The third-order valence-electron chi connectivity index (χ3n) is 3.80. The van der Waals surface area contributed by atoms with Gasteiger partial charge in [0.1, 0.15) is 0 Å². The standard InChI is InChI=1S/C15H19BrN2/c1-10(17)4-5-11-7-12-3-2-6-18-9-14(16)13(8-11)15(12)18/h7-10H,2-6,17H2,1H3. The molecule has 0 saturated carbocycles. The lowest BCUT2D eigenvalue weighted by atomic mass is 9.97. The van der Waals surface area contributed by atoms with Crippen molar-refractivity contribution in [1.82, 2.24) is 4.57 Å². The van der Waals surface area contributed by atoms with Crippen LogP contribution in [0.15, 0.2) is 22.8 Å². The molecule has 3 rings (SSSR count). The zero-order valence-corrected chi connectivity index (χ0v) is 12.3. The zero-order valence-electron chi connectivity index (χ0n) is 10.7. The van der Waals surface area contributed by atoms with Gasteiger partial charge in [0.25, 0.3) is 0 Å². The summed E-state index contributed by atoms with van der Waals surface area (Å²) in [5.41, 5.74) is 10.2. The van der Waals surface area contributed by atoms with Crippen LogP contribution in [0, 0.1) is 0 Å². The predicted molar refractivity (Wildman–Crippen MR) is 79.9 cm³/mol. The highest BCUT2D eigenvalue weighted by atomic mass is 79.9. The summed E-state index contributed by atoms with van der Waals surface area (Å²) in [6, 6.07) is 4.99. The van der Waals surface area contributed by atoms with Crippen LogP contribution in [0.1, 0.15) is 30.9 Å². The largest absolute Gasteiger partial charge is 0.346 e. The minimum Gasteiger partial charge on any atom is -0.346 e. The summed E-state index contributed by atoms with van der Waals surface area (Å²) >= 11 is 3.69. The minimum absolute atomic E-state index is 0.282. The first-order valence-electron chi connectivity index (χ1n) is 6.71. The van der Waals surface area contributed by atoms with E-state index in [2.05, 4.69) is 45.8 Å². The molecule has 0 spiro atoms. The second-order valence-corrected chi connectivity index (χ2v) is 6.30. The summed E-state index contributed by atoms with van der Waals surface area (Å²) in [5.74, 6) is 0. The number of rotatable bonds is 3. The van der Waals surface area contributed by atoms with Gasteiger partial charge in [0, 0.05) is 28.6 Å². The van der Waals surface area contributed by atoms with Gasteiger partial charge in [0.05, 0.1) is 5.52 Å². The van der Waals surface area contributed by atoms with Gasteiger partial charge < -0.3 is 10.3 Å². The van der Waals surface area contributed by atoms with E-state index in [-0.39, 0.29) is 6.04 Å². The van der Waals surface area contributed by atoms with Gasteiger partial charge in [-0.25, -0.2) is 0 Å². The summed E-state index contributed by atoms with van der Waals surface area (Å²) in [6.07, 6.45) is 6.82. The summed E-state index contributed by atoms with van der Waals surface area (Å²) in [7, 11) is 0. The molecule has 0 radical (unpaired) electrons. The Morgan fingerprint density at radius 3 is 3.06 bits per heavy atom. The van der Waals surface area contributed by atoms with Crippen LogP contribution in [0.5, 0.6) is 0 Å². The molecular formula is C15H19BrN2. The molecule has 1 aliphatic rings. The molecule has 0 amide bonds. The Morgan fingerprint density at radius 1 is 1.44 bits per heavy atom. The van der Waals surface area contributed by atoms with Gasteiger partial charge >= 0.3 is 0 Å². The zero-order chi connectivity index (χ0) is 12.7. The SMILES string of the molecule is CC(N)CCc1cc2c3c(c1)c(Br)cn3CCC2. The van der Waals surface area contributed by atoms with Crippen molar-refractivity contribution in [2.75, 3.05) is 0 Å². The van der Waals surface area contributed by atoms with E-state index < -0.39 is 0 Å². The van der Waals surface area contributed by atoms with Crippen molar-refractivity contribution in [3.8, 4) is 0 Å². The number of aromatic nitrogens is 1. The Bertz CT molecular complexity index is 584. The van der Waals surface area contributed by atoms with Crippen LogP contribution < -0.4 is 5.73 Å². The summed E-state index contributed by atoms with van der Waals surface area (Å²) < 4.78 is 3.61. The van der Waals surface area contributed by atoms with Crippen LogP contribution in [0.2, 0.25) is 0 Å². The molecule has 1 aliphatic heterocycles. The lowest BCUT2D eigenvalue weighted by Gasteiger charge is -2.17. The number of halogens is 1. The monoisotopic (exact) mass is 306 g/mol. The Labute approximate surface area is 116 Å². The lowest BCUT2D eigenvalue weighted by molar-refractivity contribution is 0.633. The van der Waals surface area contributed by atoms with Crippen molar-refractivity contribution in [3.63, 3.8) is 0 Å². The average Bonchev–Trinajstić information content (AvgIpc) is 2.66. The third-order valence-corrected chi connectivity index (χ3v) is 4.43. The number of hydrogen-bond donors (Lipinski definition) is 1. The van der Waals surface area contributed by atoms with Crippen LogP contribution in [-0.4, -0.2) is 10.6 Å². The molecule has 2 nitrogen and oxygen atoms in total. The van der Waals surface area contributed by atoms with E-state index in [0.29, 0.717) is 0 Å². The maximum Gasteiger partial charge on any atom is 0.0524 e. The second kappa shape index (κ2) is 4.71. The fourth-order valence-electron chi connectivity index (χ4n) is 2.90. The summed E-state index contributed by atoms with van der Waals surface area (Å²) in [5, 5.41) is 1.37. The Kier molecular flexibility index (Phi) is 3.20. The number of hydrogen-bond acceptors (Lipinski definition) is 1. The molecule has 2 N–H and O–H groups in total. The fraction of sp³-hybridized carbons (Fsp3) is 0.467. The smallest absolute Gasteiger partial charge is 0.0524 e. The molecule has 1 aromatic heterocycles. The molecule has 0 fully saturated rings. The predicted octanol–water partition coefficient (Wildman–Crippen LogP) is 3.63. The molecule has 2 heterocycles. The highest BCUT2D eigenvalue weighted by Crippen LogP contribution is 2.33. The number of aryl methyl sites for hydroxylation is 3. The highest BCUT2D eigenvalue weighted by Gasteiger charge is 2.16. The lowest BCUT2D eigenvalue weighted by Crippen LogP contribution is -2.15. The number of benzene rings is 1. The second-order valence-electron chi connectivity index (χ2n) is 5.44. The average molecular weight is 307 g/mol. The number of nitrogens with zero attached hydrogens (tertiary/aromatic N) is 1. The fourth-order valence-corrected chi connectivity index (χ4v) is 3.45. The summed E-state index contributed by atoms with van der Waals surface area (Å²) in [4.78, 5) is 0. The van der Waals surface area contributed by atoms with Crippen LogP contribution in [-0.2, 0) is 19.4 Å². The maximum atomic E-state index is 5.86. The van der Waals surface area contributed by atoms with Crippen molar-refractivity contribution >= 4 is 26.8 Å². The molecule has 0 bridgehead atoms. The van der Waals surface area contributed by atoms with E-state index in [1.54, 1.807) is 0 Å². The van der Waals surface area contributed by atoms with Gasteiger partial charge in [-0.2, -0.15) is 0 Å². The van der Waals surface area contributed by atoms with Crippen molar-refractivity contribution in [1.29, 1.82) is 0 Å². The van der Waals surface area contributed by atoms with E-state index in [4.69, 9.17) is 5.73 Å². The third kappa shape index (κ3) is 2.10. The van der Waals surface area contributed by atoms with E-state index >= 15 is 0 Å². The van der Waals surface area contributed by atoms with Crippen LogP contribution in [0.4, 0.5) is 0 Å². The minimum atomic E-state index is 0.282.